The molecule has 1 atom stereocenters. The molecule has 1 aromatic heterocycles. The molecule has 0 radical (unpaired) electrons. The van der Waals surface area contributed by atoms with Crippen LogP contribution >= 0.6 is 0 Å². The highest BCUT2D eigenvalue weighted by atomic mass is 19.3. The van der Waals surface area contributed by atoms with Gasteiger partial charge >= 0.3 is 6.61 Å². The first kappa shape index (κ1) is 14.5. The fourth-order valence-corrected chi connectivity index (χ4v) is 1.77. The zero-order valence-corrected chi connectivity index (χ0v) is 11.4. The summed E-state index contributed by atoms with van der Waals surface area (Å²) in [5, 5.41) is 0. The third kappa shape index (κ3) is 3.14. The Morgan fingerprint density at radius 1 is 1.45 bits per heavy atom. The van der Waals surface area contributed by atoms with Crippen LogP contribution in [0.15, 0.2) is 30.5 Å². The summed E-state index contributed by atoms with van der Waals surface area (Å²) in [5.41, 5.74) is 6.99. The highest BCUT2D eigenvalue weighted by Crippen LogP contribution is 2.26. The SMILES string of the molecule is CCC(C)(N)c1ncc(-c2cccc(OC(F)F)c2)[nH]1. The number of H-pyrrole nitrogens is 1. The molecule has 0 saturated carbocycles. The summed E-state index contributed by atoms with van der Waals surface area (Å²) >= 11 is 0. The van der Waals surface area contributed by atoms with E-state index in [2.05, 4.69) is 14.7 Å². The number of nitrogens with two attached hydrogens (primary N) is 1. The topological polar surface area (TPSA) is 63.9 Å². The van der Waals surface area contributed by atoms with E-state index in [1.54, 1.807) is 18.3 Å². The van der Waals surface area contributed by atoms with Crippen LogP contribution in [0.25, 0.3) is 11.3 Å². The van der Waals surface area contributed by atoms with Gasteiger partial charge < -0.3 is 15.5 Å². The van der Waals surface area contributed by atoms with E-state index in [1.807, 2.05) is 13.8 Å². The quantitative estimate of drug-likeness (QED) is 0.884. The fourth-order valence-electron chi connectivity index (χ4n) is 1.77. The van der Waals surface area contributed by atoms with Crippen LogP contribution < -0.4 is 10.5 Å². The molecule has 3 N–H and O–H groups in total. The Morgan fingerprint density at radius 3 is 2.85 bits per heavy atom. The van der Waals surface area contributed by atoms with Crippen LogP contribution in [0.3, 0.4) is 0 Å². The number of alkyl halides is 2. The molecule has 2 aromatic rings. The molecule has 4 nitrogen and oxygen atoms in total. The third-order valence-electron chi connectivity index (χ3n) is 3.22. The van der Waals surface area contributed by atoms with Crippen molar-refractivity contribution in [3.05, 3.63) is 36.3 Å². The molecule has 0 bridgehead atoms. The molecule has 2 rings (SSSR count). The maximum Gasteiger partial charge on any atom is 0.387 e. The Kier molecular flexibility index (Phi) is 4.04. The normalized spacial score (nSPS) is 14.3. The van der Waals surface area contributed by atoms with E-state index in [-0.39, 0.29) is 5.75 Å². The highest BCUT2D eigenvalue weighted by Gasteiger charge is 2.22. The van der Waals surface area contributed by atoms with Crippen LogP contribution in [-0.2, 0) is 5.54 Å². The van der Waals surface area contributed by atoms with Crippen molar-refractivity contribution in [3.8, 4) is 17.0 Å². The number of aromatic amines is 1. The number of ether oxygens (including phenoxy) is 1. The zero-order valence-electron chi connectivity index (χ0n) is 11.4. The number of aromatic nitrogens is 2. The molecule has 108 valence electrons. The van der Waals surface area contributed by atoms with Crippen LogP contribution in [-0.4, -0.2) is 16.6 Å². The molecule has 0 aliphatic rings. The van der Waals surface area contributed by atoms with Gasteiger partial charge in [-0.25, -0.2) is 4.98 Å². The van der Waals surface area contributed by atoms with E-state index in [9.17, 15) is 8.78 Å². The summed E-state index contributed by atoms with van der Waals surface area (Å²) in [5.74, 6) is 0.773. The number of rotatable bonds is 5. The van der Waals surface area contributed by atoms with E-state index < -0.39 is 12.2 Å². The van der Waals surface area contributed by atoms with Crippen molar-refractivity contribution in [2.45, 2.75) is 32.4 Å². The second kappa shape index (κ2) is 5.58. The monoisotopic (exact) mass is 281 g/mol. The second-order valence-electron chi connectivity index (χ2n) is 4.82. The van der Waals surface area contributed by atoms with Gasteiger partial charge in [0.1, 0.15) is 11.6 Å². The van der Waals surface area contributed by atoms with Crippen LogP contribution in [0.2, 0.25) is 0 Å². The first-order chi connectivity index (χ1) is 9.42. The lowest BCUT2D eigenvalue weighted by molar-refractivity contribution is -0.0498. The lowest BCUT2D eigenvalue weighted by atomic mass is 10.00. The van der Waals surface area contributed by atoms with E-state index in [0.29, 0.717) is 17.1 Å². The molecule has 1 unspecified atom stereocenters. The van der Waals surface area contributed by atoms with Crippen molar-refractivity contribution in [2.24, 2.45) is 5.73 Å². The average molecular weight is 281 g/mol. The number of imidazole rings is 1. The largest absolute Gasteiger partial charge is 0.435 e. The van der Waals surface area contributed by atoms with Crippen molar-refractivity contribution in [1.82, 2.24) is 9.97 Å². The fraction of sp³-hybridized carbons (Fsp3) is 0.357. The molecule has 0 aliphatic carbocycles. The maximum atomic E-state index is 12.2. The smallest absolute Gasteiger partial charge is 0.387 e. The van der Waals surface area contributed by atoms with Gasteiger partial charge in [-0.1, -0.05) is 19.1 Å². The van der Waals surface area contributed by atoms with Gasteiger partial charge in [0.05, 0.1) is 17.4 Å². The molecule has 0 aliphatic heterocycles. The number of nitrogens with zero attached hydrogens (tertiary/aromatic N) is 1. The van der Waals surface area contributed by atoms with Crippen LogP contribution in [0.4, 0.5) is 8.78 Å². The molecular weight excluding hydrogens is 264 g/mol. The van der Waals surface area contributed by atoms with Crippen LogP contribution in [0.5, 0.6) is 5.75 Å². The molecular formula is C14H17F2N3O. The number of halogens is 2. The minimum Gasteiger partial charge on any atom is -0.435 e. The van der Waals surface area contributed by atoms with Crippen molar-refractivity contribution in [3.63, 3.8) is 0 Å². The third-order valence-corrected chi connectivity index (χ3v) is 3.22. The standard InChI is InChI=1S/C14H17F2N3O/c1-3-14(2,17)12-18-8-11(19-12)9-5-4-6-10(7-9)20-13(15)16/h4-8,13H,3,17H2,1-2H3,(H,18,19). The van der Waals surface area contributed by atoms with Gasteiger partial charge in [0, 0.05) is 5.56 Å². The first-order valence-electron chi connectivity index (χ1n) is 6.32. The van der Waals surface area contributed by atoms with E-state index in [1.165, 1.54) is 12.1 Å². The van der Waals surface area contributed by atoms with E-state index in [4.69, 9.17) is 5.73 Å². The van der Waals surface area contributed by atoms with Gasteiger partial charge in [0.25, 0.3) is 0 Å². The molecule has 1 heterocycles. The summed E-state index contributed by atoms with van der Waals surface area (Å²) in [4.78, 5) is 7.38. The van der Waals surface area contributed by atoms with Gasteiger partial charge in [0.15, 0.2) is 0 Å². The van der Waals surface area contributed by atoms with Gasteiger partial charge in [-0.3, -0.25) is 0 Å². The lowest BCUT2D eigenvalue weighted by Gasteiger charge is -2.19. The molecule has 1 aromatic carbocycles. The number of hydrogen-bond acceptors (Lipinski definition) is 3. The molecule has 0 fully saturated rings. The van der Waals surface area contributed by atoms with Gasteiger partial charge in [-0.2, -0.15) is 8.78 Å². The van der Waals surface area contributed by atoms with E-state index >= 15 is 0 Å². The molecule has 6 heteroatoms. The summed E-state index contributed by atoms with van der Waals surface area (Å²) in [6.07, 6.45) is 2.37. The van der Waals surface area contributed by atoms with Crippen molar-refractivity contribution < 1.29 is 13.5 Å². The van der Waals surface area contributed by atoms with Crippen molar-refractivity contribution >= 4 is 0 Å². The van der Waals surface area contributed by atoms with Gasteiger partial charge in [0.2, 0.25) is 0 Å². The minimum absolute atomic E-state index is 0.111. The summed E-state index contributed by atoms with van der Waals surface area (Å²) < 4.78 is 28.8. The highest BCUT2D eigenvalue weighted by molar-refractivity contribution is 5.60. The summed E-state index contributed by atoms with van der Waals surface area (Å²) in [6.45, 7) is 1.01. The van der Waals surface area contributed by atoms with Crippen molar-refractivity contribution in [1.29, 1.82) is 0 Å². The predicted molar refractivity (Wildman–Crippen MR) is 72.5 cm³/mol. The summed E-state index contributed by atoms with van der Waals surface area (Å²) in [7, 11) is 0. The van der Waals surface area contributed by atoms with Crippen molar-refractivity contribution in [2.75, 3.05) is 0 Å². The maximum absolute atomic E-state index is 12.2. The predicted octanol–water partition coefficient (Wildman–Crippen LogP) is 3.26. The Morgan fingerprint density at radius 2 is 2.20 bits per heavy atom. The van der Waals surface area contributed by atoms with Gasteiger partial charge in [-0.15, -0.1) is 0 Å². The molecule has 0 spiro atoms. The molecule has 0 amide bonds. The minimum atomic E-state index is -2.84. The Hall–Kier alpha value is -1.95. The zero-order chi connectivity index (χ0) is 14.8. The first-order valence-corrected chi connectivity index (χ1v) is 6.32. The molecule has 0 saturated heterocycles. The summed E-state index contributed by atoms with van der Waals surface area (Å²) in [6, 6.07) is 6.44. The number of hydrogen-bond donors (Lipinski definition) is 2. The Labute approximate surface area is 116 Å². The number of nitrogens with one attached hydrogen (secondary N) is 1. The molecule has 20 heavy (non-hydrogen) atoms. The van der Waals surface area contributed by atoms with E-state index in [0.717, 1.165) is 6.42 Å². The Balaban J connectivity index is 2.28. The second-order valence-corrected chi connectivity index (χ2v) is 4.82. The number of benzene rings is 1. The van der Waals surface area contributed by atoms with Gasteiger partial charge in [-0.05, 0) is 25.5 Å². The van der Waals surface area contributed by atoms with Crippen LogP contribution in [0.1, 0.15) is 26.1 Å². The van der Waals surface area contributed by atoms with Crippen LogP contribution in [0, 0.1) is 0 Å². The Bertz CT molecular complexity index is 581. The average Bonchev–Trinajstić information content (AvgIpc) is 2.88. The lowest BCUT2D eigenvalue weighted by Crippen LogP contribution is -2.33.